The van der Waals surface area contributed by atoms with Gasteiger partial charge < -0.3 is 19.8 Å². The highest BCUT2D eigenvalue weighted by atomic mass is 16.6. The number of aliphatic hydroxyl groups excluding tert-OH is 2. The second kappa shape index (κ2) is 3.84. The van der Waals surface area contributed by atoms with E-state index >= 15 is 0 Å². The molecule has 5 nitrogen and oxygen atoms in total. The van der Waals surface area contributed by atoms with Gasteiger partial charge in [0.25, 0.3) is 0 Å². The number of hydrogen-bond donors (Lipinski definition) is 2. The topological polar surface area (TPSA) is 70.0 Å². The summed E-state index contributed by atoms with van der Waals surface area (Å²) in [5, 5.41) is 18.2. The molecule has 2 atom stereocenters. The Bertz CT molecular complexity index is 229. The van der Waals surface area contributed by atoms with Crippen LogP contribution in [0.25, 0.3) is 0 Å². The maximum Gasteiger partial charge on any atom is 0.222 e. The summed E-state index contributed by atoms with van der Waals surface area (Å²) in [4.78, 5) is 12.8. The van der Waals surface area contributed by atoms with E-state index in [1.54, 1.807) is 13.8 Å². The summed E-state index contributed by atoms with van der Waals surface area (Å²) in [7, 11) is 0. The van der Waals surface area contributed by atoms with Crippen LogP contribution in [-0.4, -0.2) is 52.1 Å². The lowest BCUT2D eigenvalue weighted by Gasteiger charge is -2.31. The van der Waals surface area contributed by atoms with Crippen LogP contribution >= 0.6 is 0 Å². The van der Waals surface area contributed by atoms with E-state index in [1.165, 1.54) is 11.8 Å². The zero-order valence-corrected chi connectivity index (χ0v) is 8.73. The summed E-state index contributed by atoms with van der Waals surface area (Å²) in [6.45, 7) is 4.51. The lowest BCUT2D eigenvalue weighted by molar-refractivity contribution is -0.146. The van der Waals surface area contributed by atoms with Crippen molar-refractivity contribution in [3.63, 3.8) is 0 Å². The van der Waals surface area contributed by atoms with Crippen LogP contribution in [0.4, 0.5) is 0 Å². The Morgan fingerprint density at radius 2 is 2.00 bits per heavy atom. The summed E-state index contributed by atoms with van der Waals surface area (Å²) < 4.78 is 5.47. The fourth-order valence-corrected chi connectivity index (χ4v) is 2.04. The second-order valence-corrected chi connectivity index (χ2v) is 3.92. The summed E-state index contributed by atoms with van der Waals surface area (Å²) >= 11 is 0. The van der Waals surface area contributed by atoms with Gasteiger partial charge in [-0.05, 0) is 13.8 Å². The van der Waals surface area contributed by atoms with Gasteiger partial charge in [-0.15, -0.1) is 0 Å². The van der Waals surface area contributed by atoms with Crippen LogP contribution in [0.3, 0.4) is 0 Å². The molecule has 0 aromatic carbocycles. The summed E-state index contributed by atoms with van der Waals surface area (Å²) in [6, 6.07) is -0.451. The zero-order valence-electron chi connectivity index (χ0n) is 8.73. The molecule has 82 valence electrons. The molecule has 1 amide bonds. The van der Waals surface area contributed by atoms with Gasteiger partial charge in [0.15, 0.2) is 0 Å². The van der Waals surface area contributed by atoms with Gasteiger partial charge in [-0.1, -0.05) is 0 Å². The van der Waals surface area contributed by atoms with Gasteiger partial charge >= 0.3 is 0 Å². The third-order valence-electron chi connectivity index (χ3n) is 2.49. The number of carbonyl (C=O) groups is 1. The highest BCUT2D eigenvalue weighted by Crippen LogP contribution is 2.31. The molecule has 0 aromatic rings. The Kier molecular flexibility index (Phi) is 3.14. The highest BCUT2D eigenvalue weighted by Gasteiger charge is 2.47. The third-order valence-corrected chi connectivity index (χ3v) is 2.49. The molecule has 1 aliphatic heterocycles. The predicted octanol–water partition coefficient (Wildman–Crippen LogP) is -0.677. The van der Waals surface area contributed by atoms with Crippen molar-refractivity contribution in [2.45, 2.75) is 38.6 Å². The van der Waals surface area contributed by atoms with Crippen molar-refractivity contribution < 1.29 is 19.7 Å². The highest BCUT2D eigenvalue weighted by molar-refractivity contribution is 5.74. The van der Waals surface area contributed by atoms with Gasteiger partial charge in [-0.2, -0.15) is 0 Å². The monoisotopic (exact) mass is 203 g/mol. The number of hydrogen-bond acceptors (Lipinski definition) is 4. The Morgan fingerprint density at radius 1 is 1.43 bits per heavy atom. The maximum absolute atomic E-state index is 11.3. The molecule has 1 heterocycles. The molecule has 0 spiro atoms. The Hall–Kier alpha value is -0.650. The van der Waals surface area contributed by atoms with Crippen molar-refractivity contribution >= 4 is 5.91 Å². The van der Waals surface area contributed by atoms with E-state index in [0.717, 1.165) is 0 Å². The van der Waals surface area contributed by atoms with Gasteiger partial charge in [0.05, 0.1) is 19.3 Å². The minimum Gasteiger partial charge on any atom is -0.394 e. The summed E-state index contributed by atoms with van der Waals surface area (Å²) in [5.41, 5.74) is -0.757. The average molecular weight is 203 g/mol. The SMILES string of the molecule is CC(=O)N1[C@H](CO)[C@@H](CO)OC1(C)C. The van der Waals surface area contributed by atoms with Crippen LogP contribution < -0.4 is 0 Å². The van der Waals surface area contributed by atoms with E-state index in [1.807, 2.05) is 0 Å². The zero-order chi connectivity index (χ0) is 10.9. The van der Waals surface area contributed by atoms with Crippen LogP contribution in [0.15, 0.2) is 0 Å². The predicted molar refractivity (Wildman–Crippen MR) is 49.4 cm³/mol. The van der Waals surface area contributed by atoms with E-state index in [2.05, 4.69) is 0 Å². The maximum atomic E-state index is 11.3. The first-order chi connectivity index (χ1) is 6.44. The Labute approximate surface area is 83.3 Å². The molecule has 0 saturated carbocycles. The van der Waals surface area contributed by atoms with Gasteiger partial charge in [-0.25, -0.2) is 0 Å². The second-order valence-electron chi connectivity index (χ2n) is 3.92. The number of amides is 1. The minimum absolute atomic E-state index is 0.162. The van der Waals surface area contributed by atoms with Crippen LogP contribution in [0.5, 0.6) is 0 Å². The standard InChI is InChI=1S/C9H17NO4/c1-6(13)10-7(4-11)8(5-12)14-9(10,2)3/h7-8,11-12H,4-5H2,1-3H3/t7-,8-/m1/s1. The fourth-order valence-electron chi connectivity index (χ4n) is 2.04. The molecule has 0 unspecified atom stereocenters. The Balaban J connectivity index is 2.92. The molecule has 0 aliphatic carbocycles. The summed E-state index contributed by atoms with van der Waals surface area (Å²) in [6.07, 6.45) is -0.501. The molecule has 1 saturated heterocycles. The molecule has 2 N–H and O–H groups in total. The lowest BCUT2D eigenvalue weighted by atomic mass is 10.1. The average Bonchev–Trinajstić information content (AvgIpc) is 2.35. The first-order valence-corrected chi connectivity index (χ1v) is 4.63. The van der Waals surface area contributed by atoms with E-state index < -0.39 is 17.9 Å². The minimum atomic E-state index is -0.757. The van der Waals surface area contributed by atoms with Gasteiger partial charge in [0, 0.05) is 6.92 Å². The van der Waals surface area contributed by atoms with E-state index in [9.17, 15) is 4.79 Å². The number of rotatable bonds is 2. The van der Waals surface area contributed by atoms with Crippen LogP contribution in [-0.2, 0) is 9.53 Å². The Morgan fingerprint density at radius 3 is 2.36 bits per heavy atom. The van der Waals surface area contributed by atoms with Crippen molar-refractivity contribution in [2.75, 3.05) is 13.2 Å². The van der Waals surface area contributed by atoms with E-state index in [0.29, 0.717) is 0 Å². The van der Waals surface area contributed by atoms with E-state index in [4.69, 9.17) is 14.9 Å². The molecule has 14 heavy (non-hydrogen) atoms. The normalized spacial score (nSPS) is 30.8. The molecule has 0 bridgehead atoms. The van der Waals surface area contributed by atoms with Crippen molar-refractivity contribution in [1.82, 2.24) is 4.90 Å². The van der Waals surface area contributed by atoms with Gasteiger partial charge in [-0.3, -0.25) is 4.79 Å². The number of ether oxygens (including phenoxy) is 1. The van der Waals surface area contributed by atoms with Gasteiger partial charge in [0.1, 0.15) is 11.8 Å². The quantitative estimate of drug-likeness (QED) is 0.624. The third kappa shape index (κ3) is 1.75. The largest absolute Gasteiger partial charge is 0.394 e. The molecular weight excluding hydrogens is 186 g/mol. The lowest BCUT2D eigenvalue weighted by Crippen LogP contribution is -2.49. The van der Waals surface area contributed by atoms with Gasteiger partial charge in [0.2, 0.25) is 5.91 Å². The molecule has 5 heteroatoms. The smallest absolute Gasteiger partial charge is 0.222 e. The molecule has 1 rings (SSSR count). The number of nitrogens with zero attached hydrogens (tertiary/aromatic N) is 1. The van der Waals surface area contributed by atoms with Crippen molar-refractivity contribution in [3.05, 3.63) is 0 Å². The molecule has 1 fully saturated rings. The van der Waals surface area contributed by atoms with Crippen LogP contribution in [0, 0.1) is 0 Å². The summed E-state index contributed by atoms with van der Waals surface area (Å²) in [5.74, 6) is -0.162. The number of aliphatic hydroxyl groups is 2. The molecule has 1 aliphatic rings. The van der Waals surface area contributed by atoms with Crippen LogP contribution in [0.1, 0.15) is 20.8 Å². The van der Waals surface area contributed by atoms with Crippen LogP contribution in [0.2, 0.25) is 0 Å². The van der Waals surface area contributed by atoms with Crippen molar-refractivity contribution in [1.29, 1.82) is 0 Å². The van der Waals surface area contributed by atoms with E-state index in [-0.39, 0.29) is 19.1 Å². The first-order valence-electron chi connectivity index (χ1n) is 4.63. The molecular formula is C9H17NO4. The van der Waals surface area contributed by atoms with Crippen molar-refractivity contribution in [3.8, 4) is 0 Å². The van der Waals surface area contributed by atoms with Crippen molar-refractivity contribution in [2.24, 2.45) is 0 Å². The fraction of sp³-hybridized carbons (Fsp3) is 0.889. The number of carbonyl (C=O) groups excluding carboxylic acids is 1. The molecule has 0 aromatic heterocycles. The molecule has 0 radical (unpaired) electrons. The first kappa shape index (κ1) is 11.4.